The van der Waals surface area contributed by atoms with E-state index in [4.69, 9.17) is 9.88 Å². The van der Waals surface area contributed by atoms with Gasteiger partial charge in [-0.05, 0) is 12.8 Å². The first-order valence-electron chi connectivity index (χ1n) is 4.95. The molecule has 0 aromatic carbocycles. The Labute approximate surface area is 101 Å². The van der Waals surface area contributed by atoms with E-state index in [1.807, 2.05) is 0 Å². The maximum atomic E-state index is 12.5. The molecule has 1 saturated carbocycles. The van der Waals surface area contributed by atoms with E-state index in [1.165, 1.54) is 0 Å². The van der Waals surface area contributed by atoms with Crippen molar-refractivity contribution in [2.45, 2.75) is 30.1 Å². The van der Waals surface area contributed by atoms with Gasteiger partial charge >= 0.3 is 6.18 Å². The molecule has 1 aromatic rings. The van der Waals surface area contributed by atoms with Gasteiger partial charge in [0.2, 0.25) is 0 Å². The van der Waals surface area contributed by atoms with Gasteiger partial charge in [-0.1, -0.05) is 0 Å². The zero-order valence-corrected chi connectivity index (χ0v) is 9.75. The lowest BCUT2D eigenvalue weighted by Gasteiger charge is -2.11. The highest BCUT2D eigenvalue weighted by molar-refractivity contribution is 7.89. The minimum Gasteiger partial charge on any atom is -0.490 e. The molecule has 2 rings (SSSR count). The lowest BCUT2D eigenvalue weighted by molar-refractivity contribution is -0.141. The number of aromatic nitrogens is 1. The van der Waals surface area contributed by atoms with Gasteiger partial charge in [-0.2, -0.15) is 13.2 Å². The molecular formula is C9H9F3N2O3S. The first-order chi connectivity index (χ1) is 8.16. The standard InChI is InChI=1S/C9H9F3N2O3S/c10-9(11,12)7-3-6(17-5-1-2-5)4-8(14-7)18(13,15)16/h3-5H,1-2H2,(H2,13,15,16). The Morgan fingerprint density at radius 2 is 1.94 bits per heavy atom. The molecule has 2 N–H and O–H groups in total. The number of pyridine rings is 1. The van der Waals surface area contributed by atoms with E-state index < -0.39 is 26.9 Å². The zero-order chi connectivity index (χ0) is 13.6. The van der Waals surface area contributed by atoms with Crippen LogP contribution in [0.5, 0.6) is 5.75 Å². The van der Waals surface area contributed by atoms with Crippen LogP contribution in [0.1, 0.15) is 18.5 Å². The van der Waals surface area contributed by atoms with Crippen LogP contribution >= 0.6 is 0 Å². The summed E-state index contributed by atoms with van der Waals surface area (Å²) >= 11 is 0. The Hall–Kier alpha value is -1.35. The second-order valence-corrected chi connectivity index (χ2v) is 5.39. The lowest BCUT2D eigenvalue weighted by Crippen LogP contribution is -2.18. The normalized spacial score (nSPS) is 16.7. The van der Waals surface area contributed by atoms with E-state index in [-0.39, 0.29) is 11.9 Å². The SMILES string of the molecule is NS(=O)(=O)c1cc(OC2CC2)cc(C(F)(F)F)n1. The maximum absolute atomic E-state index is 12.5. The molecule has 1 fully saturated rings. The van der Waals surface area contributed by atoms with Gasteiger partial charge in [0.1, 0.15) is 11.4 Å². The predicted octanol–water partition coefficient (Wildman–Crippen LogP) is 1.29. The summed E-state index contributed by atoms with van der Waals surface area (Å²) in [4.78, 5) is 2.99. The van der Waals surface area contributed by atoms with Crippen LogP contribution in [0.15, 0.2) is 17.2 Å². The zero-order valence-electron chi connectivity index (χ0n) is 8.94. The smallest absolute Gasteiger partial charge is 0.433 e. The average Bonchev–Trinajstić information content (AvgIpc) is 2.98. The Morgan fingerprint density at radius 1 is 1.33 bits per heavy atom. The van der Waals surface area contributed by atoms with Gasteiger partial charge in [0.25, 0.3) is 10.0 Å². The molecule has 0 saturated heterocycles. The van der Waals surface area contributed by atoms with Crippen molar-refractivity contribution >= 4 is 10.0 Å². The molecule has 1 aliphatic carbocycles. The highest BCUT2D eigenvalue weighted by Gasteiger charge is 2.35. The third kappa shape index (κ3) is 3.10. The molecule has 0 amide bonds. The third-order valence-electron chi connectivity index (χ3n) is 2.18. The lowest BCUT2D eigenvalue weighted by atomic mass is 10.3. The molecule has 5 nitrogen and oxygen atoms in total. The minimum absolute atomic E-state index is 0.165. The molecule has 0 unspecified atom stereocenters. The Balaban J connectivity index is 2.47. The molecule has 0 atom stereocenters. The number of nitrogens with two attached hydrogens (primary N) is 1. The summed E-state index contributed by atoms with van der Waals surface area (Å²) in [6, 6.07) is 1.55. The minimum atomic E-state index is -4.76. The van der Waals surface area contributed by atoms with Crippen molar-refractivity contribution in [1.29, 1.82) is 0 Å². The molecule has 9 heteroatoms. The molecule has 0 bridgehead atoms. The Kier molecular flexibility index (Phi) is 2.98. The number of alkyl halides is 3. The number of halogens is 3. The number of primary sulfonamides is 1. The van der Waals surface area contributed by atoms with Crippen LogP contribution < -0.4 is 9.88 Å². The largest absolute Gasteiger partial charge is 0.490 e. The van der Waals surface area contributed by atoms with Crippen LogP contribution in [-0.2, 0) is 16.2 Å². The van der Waals surface area contributed by atoms with E-state index in [2.05, 4.69) is 4.98 Å². The topological polar surface area (TPSA) is 82.3 Å². The summed E-state index contributed by atoms with van der Waals surface area (Å²) < 4.78 is 64.9. The number of rotatable bonds is 3. The van der Waals surface area contributed by atoms with Crippen LogP contribution in [0.25, 0.3) is 0 Å². The molecule has 0 spiro atoms. The van der Waals surface area contributed by atoms with Crippen molar-refractivity contribution in [2.75, 3.05) is 0 Å². The summed E-state index contributed by atoms with van der Waals surface area (Å²) in [5, 5.41) is 3.92. The van der Waals surface area contributed by atoms with Crippen molar-refractivity contribution in [3.05, 3.63) is 17.8 Å². The fourth-order valence-corrected chi connectivity index (χ4v) is 1.72. The quantitative estimate of drug-likeness (QED) is 0.905. The molecule has 0 aliphatic heterocycles. The number of hydrogen-bond acceptors (Lipinski definition) is 4. The molecule has 100 valence electrons. The van der Waals surface area contributed by atoms with Crippen molar-refractivity contribution in [3.8, 4) is 5.75 Å². The molecule has 1 heterocycles. The Morgan fingerprint density at radius 3 is 2.39 bits per heavy atom. The van der Waals surface area contributed by atoms with Crippen LogP contribution in [0.2, 0.25) is 0 Å². The van der Waals surface area contributed by atoms with Crippen LogP contribution in [-0.4, -0.2) is 19.5 Å². The number of ether oxygens (including phenoxy) is 1. The highest BCUT2D eigenvalue weighted by Crippen LogP contribution is 2.33. The summed E-state index contributed by atoms with van der Waals surface area (Å²) in [6.07, 6.45) is -3.47. The van der Waals surface area contributed by atoms with Crippen LogP contribution in [0.4, 0.5) is 13.2 Å². The fourth-order valence-electron chi connectivity index (χ4n) is 1.22. The van der Waals surface area contributed by atoms with Crippen molar-refractivity contribution in [1.82, 2.24) is 4.98 Å². The summed E-state index contributed by atoms with van der Waals surface area (Å²) in [7, 11) is -4.31. The second-order valence-electron chi connectivity index (χ2n) is 3.89. The number of nitrogens with zero attached hydrogens (tertiary/aromatic N) is 1. The molecular weight excluding hydrogens is 273 g/mol. The van der Waals surface area contributed by atoms with E-state index in [0.717, 1.165) is 18.9 Å². The van der Waals surface area contributed by atoms with Gasteiger partial charge < -0.3 is 4.74 Å². The van der Waals surface area contributed by atoms with Gasteiger partial charge in [0.15, 0.2) is 5.03 Å². The van der Waals surface area contributed by atoms with Gasteiger partial charge in [-0.15, -0.1) is 0 Å². The van der Waals surface area contributed by atoms with Crippen molar-refractivity contribution < 1.29 is 26.3 Å². The predicted molar refractivity (Wildman–Crippen MR) is 54.3 cm³/mol. The fraction of sp³-hybridized carbons (Fsp3) is 0.444. The van der Waals surface area contributed by atoms with Crippen LogP contribution in [0.3, 0.4) is 0 Å². The number of hydrogen-bond donors (Lipinski definition) is 1. The highest BCUT2D eigenvalue weighted by atomic mass is 32.2. The number of sulfonamides is 1. The molecule has 1 aliphatic rings. The van der Waals surface area contributed by atoms with E-state index in [1.54, 1.807) is 0 Å². The molecule has 0 radical (unpaired) electrons. The summed E-state index contributed by atoms with van der Waals surface area (Å²) in [6.45, 7) is 0. The third-order valence-corrected chi connectivity index (χ3v) is 2.98. The summed E-state index contributed by atoms with van der Waals surface area (Å²) in [5.74, 6) is -0.191. The molecule has 1 aromatic heterocycles. The van der Waals surface area contributed by atoms with Gasteiger partial charge in [0, 0.05) is 12.1 Å². The second kappa shape index (κ2) is 4.09. The first kappa shape index (κ1) is 13.1. The van der Waals surface area contributed by atoms with Gasteiger partial charge in [-0.25, -0.2) is 18.5 Å². The van der Waals surface area contributed by atoms with Crippen molar-refractivity contribution in [3.63, 3.8) is 0 Å². The van der Waals surface area contributed by atoms with Gasteiger partial charge in [0.05, 0.1) is 6.10 Å². The van der Waals surface area contributed by atoms with Crippen molar-refractivity contribution in [2.24, 2.45) is 5.14 Å². The van der Waals surface area contributed by atoms with E-state index in [0.29, 0.717) is 6.07 Å². The van der Waals surface area contributed by atoms with Crippen LogP contribution in [0, 0.1) is 0 Å². The maximum Gasteiger partial charge on any atom is 0.433 e. The van der Waals surface area contributed by atoms with E-state index in [9.17, 15) is 21.6 Å². The Bertz CT molecular complexity index is 567. The van der Waals surface area contributed by atoms with E-state index >= 15 is 0 Å². The summed E-state index contributed by atoms with van der Waals surface area (Å²) in [5.41, 5.74) is -1.34. The average molecular weight is 282 g/mol. The monoisotopic (exact) mass is 282 g/mol. The molecule has 18 heavy (non-hydrogen) atoms. The van der Waals surface area contributed by atoms with Gasteiger partial charge in [-0.3, -0.25) is 0 Å². The first-order valence-corrected chi connectivity index (χ1v) is 6.49.